The minimum atomic E-state index is -0.759. The van der Waals surface area contributed by atoms with Crippen molar-refractivity contribution in [1.29, 1.82) is 0 Å². The molecule has 1 aliphatic rings. The fraction of sp³-hybridized carbons (Fsp3) is 0.385. The van der Waals surface area contributed by atoms with Gasteiger partial charge in [-0.2, -0.15) is 4.58 Å². The van der Waals surface area contributed by atoms with Gasteiger partial charge in [0.1, 0.15) is 7.05 Å². The van der Waals surface area contributed by atoms with Crippen LogP contribution in [0.15, 0.2) is 35.6 Å². The minimum absolute atomic E-state index is 0.169. The highest BCUT2D eigenvalue weighted by Gasteiger charge is 2.29. The Morgan fingerprint density at radius 1 is 1.56 bits per heavy atom. The van der Waals surface area contributed by atoms with Crippen LogP contribution >= 0.6 is 0 Å². The van der Waals surface area contributed by atoms with Crippen LogP contribution in [0, 0.1) is 0 Å². The zero-order valence-corrected chi connectivity index (χ0v) is 10.1. The molecule has 0 aromatic carbocycles. The van der Waals surface area contributed by atoms with Gasteiger partial charge in [-0.3, -0.25) is 4.79 Å². The predicted octanol–water partition coefficient (Wildman–Crippen LogP) is 2.35. The molecule has 0 saturated carbocycles. The van der Waals surface area contributed by atoms with Crippen LogP contribution in [0.3, 0.4) is 0 Å². The first-order valence-corrected chi connectivity index (χ1v) is 5.34. The average Bonchev–Trinajstić information content (AvgIpc) is 2.46. The van der Waals surface area contributed by atoms with Crippen LogP contribution in [0.1, 0.15) is 26.7 Å². The molecule has 1 N–H and O–H groups in total. The molecule has 0 aromatic heterocycles. The largest absolute Gasteiger partial charge is 0.481 e. The second-order valence-electron chi connectivity index (χ2n) is 3.82. The van der Waals surface area contributed by atoms with E-state index in [0.29, 0.717) is 6.42 Å². The molecule has 0 spiro atoms. The fourth-order valence-electron chi connectivity index (χ4n) is 2.14. The van der Waals surface area contributed by atoms with E-state index in [2.05, 4.69) is 11.2 Å². The van der Waals surface area contributed by atoms with Crippen molar-refractivity contribution in [3.8, 4) is 0 Å². The number of carbonyl (C=O) groups is 1. The van der Waals surface area contributed by atoms with Crippen LogP contribution < -0.4 is 0 Å². The van der Waals surface area contributed by atoms with Crippen molar-refractivity contribution in [2.24, 2.45) is 0 Å². The number of rotatable bonds is 4. The minimum Gasteiger partial charge on any atom is -0.481 e. The molecule has 0 saturated heterocycles. The molecule has 0 fully saturated rings. The summed E-state index contributed by atoms with van der Waals surface area (Å²) in [6.45, 7) is 7.76. The first kappa shape index (κ1) is 12.4. The molecule has 86 valence electrons. The molecule has 0 aliphatic carbocycles. The Bertz CT molecular complexity index is 425. The summed E-state index contributed by atoms with van der Waals surface area (Å²) in [6, 6.07) is 0. The van der Waals surface area contributed by atoms with E-state index < -0.39 is 5.97 Å². The van der Waals surface area contributed by atoms with Crippen molar-refractivity contribution >= 4 is 11.7 Å². The standard InChI is InChI=1S/C13H17NO2/c1-5-11-9(3)10(7-8-13(15)16)12(6-2)14(11)4/h5-6H,1,7-8H2,2-4H3/p+1. The summed E-state index contributed by atoms with van der Waals surface area (Å²) in [5.41, 5.74) is 4.40. The van der Waals surface area contributed by atoms with Gasteiger partial charge < -0.3 is 5.11 Å². The van der Waals surface area contributed by atoms with Gasteiger partial charge in [0.05, 0.1) is 0 Å². The Hall–Kier alpha value is -1.64. The fourth-order valence-corrected chi connectivity index (χ4v) is 2.14. The molecule has 16 heavy (non-hydrogen) atoms. The van der Waals surface area contributed by atoms with E-state index in [1.807, 2.05) is 33.0 Å². The lowest BCUT2D eigenvalue weighted by atomic mass is 10.0. The molecule has 0 radical (unpaired) electrons. The lowest BCUT2D eigenvalue weighted by Crippen LogP contribution is -2.08. The van der Waals surface area contributed by atoms with E-state index in [1.165, 1.54) is 0 Å². The van der Waals surface area contributed by atoms with Gasteiger partial charge in [-0.25, -0.2) is 0 Å². The number of nitrogens with zero attached hydrogens (tertiary/aromatic N) is 1. The molecule has 1 rings (SSSR count). The van der Waals surface area contributed by atoms with Gasteiger partial charge >= 0.3 is 5.97 Å². The highest BCUT2D eigenvalue weighted by atomic mass is 16.4. The third-order valence-electron chi connectivity index (χ3n) is 2.92. The lowest BCUT2D eigenvalue weighted by molar-refractivity contribution is -0.435. The van der Waals surface area contributed by atoms with Crippen molar-refractivity contribution in [2.75, 3.05) is 7.05 Å². The first-order valence-electron chi connectivity index (χ1n) is 5.34. The molecule has 3 heteroatoms. The van der Waals surface area contributed by atoms with Gasteiger partial charge in [-0.1, -0.05) is 6.58 Å². The van der Waals surface area contributed by atoms with Crippen LogP contribution in [0.5, 0.6) is 0 Å². The average molecular weight is 220 g/mol. The Balaban J connectivity index is 3.06. The van der Waals surface area contributed by atoms with Crippen LogP contribution in [0.4, 0.5) is 0 Å². The molecular formula is C13H18NO2+. The summed E-state index contributed by atoms with van der Waals surface area (Å²) in [7, 11) is 1.98. The van der Waals surface area contributed by atoms with Crippen LogP contribution in [-0.4, -0.2) is 28.4 Å². The highest BCUT2D eigenvalue weighted by Crippen LogP contribution is 2.28. The third kappa shape index (κ3) is 2.13. The number of hydrogen-bond donors (Lipinski definition) is 1. The van der Waals surface area contributed by atoms with Crippen LogP contribution in [-0.2, 0) is 4.79 Å². The summed E-state index contributed by atoms with van der Waals surface area (Å²) < 4.78 is 2.06. The molecule has 0 unspecified atom stereocenters. The van der Waals surface area contributed by atoms with Gasteiger partial charge in [0, 0.05) is 23.6 Å². The predicted molar refractivity (Wildman–Crippen MR) is 64.7 cm³/mol. The third-order valence-corrected chi connectivity index (χ3v) is 2.92. The Labute approximate surface area is 96.1 Å². The van der Waals surface area contributed by atoms with E-state index in [-0.39, 0.29) is 6.42 Å². The Morgan fingerprint density at radius 2 is 2.19 bits per heavy atom. The molecular weight excluding hydrogens is 202 g/mol. The van der Waals surface area contributed by atoms with Crippen molar-refractivity contribution in [1.82, 2.24) is 0 Å². The number of carboxylic acid groups (broad SMARTS) is 1. The smallest absolute Gasteiger partial charge is 0.303 e. The zero-order chi connectivity index (χ0) is 12.3. The van der Waals surface area contributed by atoms with E-state index in [9.17, 15) is 4.79 Å². The van der Waals surface area contributed by atoms with Gasteiger partial charge in [0.15, 0.2) is 0 Å². The summed E-state index contributed by atoms with van der Waals surface area (Å²) in [4.78, 5) is 10.6. The summed E-state index contributed by atoms with van der Waals surface area (Å²) in [6.07, 6.45) is 4.56. The summed E-state index contributed by atoms with van der Waals surface area (Å²) in [5, 5.41) is 8.73. The second-order valence-corrected chi connectivity index (χ2v) is 3.82. The van der Waals surface area contributed by atoms with Gasteiger partial charge in [0.25, 0.3) is 0 Å². The maximum absolute atomic E-state index is 10.6. The molecule has 0 aromatic rings. The van der Waals surface area contributed by atoms with Gasteiger partial charge in [-0.05, 0) is 26.3 Å². The van der Waals surface area contributed by atoms with Crippen LogP contribution in [0.2, 0.25) is 0 Å². The second kappa shape index (κ2) is 4.92. The summed E-state index contributed by atoms with van der Waals surface area (Å²) in [5.74, 6) is -0.759. The molecule has 1 heterocycles. The lowest BCUT2D eigenvalue weighted by Gasteiger charge is -2.00. The van der Waals surface area contributed by atoms with E-state index in [1.54, 1.807) is 0 Å². The molecule has 0 amide bonds. The van der Waals surface area contributed by atoms with Crippen molar-refractivity contribution < 1.29 is 14.5 Å². The van der Waals surface area contributed by atoms with Crippen molar-refractivity contribution in [3.63, 3.8) is 0 Å². The summed E-state index contributed by atoms with van der Waals surface area (Å²) >= 11 is 0. The number of allylic oxidation sites excluding steroid dienone is 4. The topological polar surface area (TPSA) is 40.3 Å². The van der Waals surface area contributed by atoms with Gasteiger partial charge in [0.2, 0.25) is 11.4 Å². The Morgan fingerprint density at radius 3 is 2.62 bits per heavy atom. The quantitative estimate of drug-likeness (QED) is 0.739. The number of hydrogen-bond acceptors (Lipinski definition) is 1. The van der Waals surface area contributed by atoms with Gasteiger partial charge in [-0.15, -0.1) is 0 Å². The SMILES string of the molecule is C=CC1=[N+](C)C(=CC)C(CCC(=O)O)=C1C. The van der Waals surface area contributed by atoms with E-state index in [0.717, 1.165) is 22.6 Å². The number of likely N-dealkylation sites (N-methyl/N-ethyl adjacent to an activating group) is 1. The first-order chi connectivity index (χ1) is 7.52. The van der Waals surface area contributed by atoms with Crippen molar-refractivity contribution in [2.45, 2.75) is 26.7 Å². The molecule has 1 aliphatic heterocycles. The Kier molecular flexibility index (Phi) is 3.82. The molecule has 0 atom stereocenters. The van der Waals surface area contributed by atoms with Crippen molar-refractivity contribution in [3.05, 3.63) is 35.6 Å². The zero-order valence-electron chi connectivity index (χ0n) is 10.1. The normalized spacial score (nSPS) is 18.6. The number of aliphatic carboxylic acids is 1. The maximum Gasteiger partial charge on any atom is 0.303 e. The van der Waals surface area contributed by atoms with Crippen LogP contribution in [0.25, 0.3) is 0 Å². The number of carboxylic acids is 1. The molecule has 3 nitrogen and oxygen atoms in total. The monoisotopic (exact) mass is 220 g/mol. The maximum atomic E-state index is 10.6. The highest BCUT2D eigenvalue weighted by molar-refractivity contribution is 6.06. The molecule has 0 bridgehead atoms. The van der Waals surface area contributed by atoms with E-state index in [4.69, 9.17) is 5.11 Å². The van der Waals surface area contributed by atoms with E-state index >= 15 is 0 Å².